The Labute approximate surface area is 97.1 Å². The number of rotatable bonds is 4. The standard InChI is InChI=1S/C5H9F3O3S.Na.H/c1-2-3-4-12(9,10)11-5(6,7)8;;/h2-4H2,1H3;;. The third kappa shape index (κ3) is 10.6. The Balaban J connectivity index is 0. The van der Waals surface area contributed by atoms with Crippen LogP contribution in [0.25, 0.3) is 0 Å². The van der Waals surface area contributed by atoms with Gasteiger partial charge >= 0.3 is 35.9 Å². The molecule has 0 aromatic heterocycles. The van der Waals surface area contributed by atoms with Gasteiger partial charge in [0.2, 0.25) is 0 Å². The van der Waals surface area contributed by atoms with Crippen molar-refractivity contribution in [3.63, 3.8) is 0 Å². The van der Waals surface area contributed by atoms with Crippen molar-refractivity contribution in [2.75, 3.05) is 5.75 Å². The topological polar surface area (TPSA) is 43.4 Å². The molecule has 0 aromatic rings. The monoisotopic (exact) mass is 230 g/mol. The van der Waals surface area contributed by atoms with Gasteiger partial charge in [0.1, 0.15) is 0 Å². The van der Waals surface area contributed by atoms with E-state index in [1.807, 2.05) is 0 Å². The fourth-order valence-corrected chi connectivity index (χ4v) is 1.52. The molecule has 0 spiro atoms. The van der Waals surface area contributed by atoms with Gasteiger partial charge in [0.05, 0.1) is 5.75 Å². The summed E-state index contributed by atoms with van der Waals surface area (Å²) in [6.07, 6.45) is -4.44. The van der Waals surface area contributed by atoms with E-state index in [0.717, 1.165) is 0 Å². The van der Waals surface area contributed by atoms with Crippen molar-refractivity contribution in [1.29, 1.82) is 0 Å². The van der Waals surface area contributed by atoms with Gasteiger partial charge in [-0.05, 0) is 6.42 Å². The second-order valence-corrected chi connectivity index (χ2v) is 3.83. The van der Waals surface area contributed by atoms with Crippen LogP contribution in [0.4, 0.5) is 13.2 Å². The molecule has 0 saturated carbocycles. The number of hydrogen-bond acceptors (Lipinski definition) is 3. The third-order valence-corrected chi connectivity index (χ3v) is 2.20. The Hall–Kier alpha value is 0.700. The Bertz CT molecular complexity index is 224. The summed E-state index contributed by atoms with van der Waals surface area (Å²) in [6, 6.07) is 0. The van der Waals surface area contributed by atoms with E-state index in [1.165, 1.54) is 0 Å². The molecular weight excluding hydrogens is 220 g/mol. The van der Waals surface area contributed by atoms with Crippen LogP contribution in [0, 0.1) is 0 Å². The summed E-state index contributed by atoms with van der Waals surface area (Å²) in [4.78, 5) is 0. The predicted octanol–water partition coefficient (Wildman–Crippen LogP) is 1.00. The van der Waals surface area contributed by atoms with Crippen LogP contribution in [0.3, 0.4) is 0 Å². The Morgan fingerprint density at radius 1 is 1.31 bits per heavy atom. The number of halogens is 3. The summed E-state index contributed by atoms with van der Waals surface area (Å²) in [6.45, 7) is 1.67. The summed E-state index contributed by atoms with van der Waals surface area (Å²) in [5.41, 5.74) is 0. The maximum atomic E-state index is 11.4. The first-order valence-electron chi connectivity index (χ1n) is 3.27. The quantitative estimate of drug-likeness (QED) is 0.534. The van der Waals surface area contributed by atoms with Crippen LogP contribution in [0.5, 0.6) is 0 Å². The minimum atomic E-state index is -5.10. The molecule has 0 aromatic carbocycles. The summed E-state index contributed by atoms with van der Waals surface area (Å²) in [5, 5.41) is 0. The van der Waals surface area contributed by atoms with E-state index >= 15 is 0 Å². The van der Waals surface area contributed by atoms with Gasteiger partial charge in [-0.25, -0.2) is 0 Å². The third-order valence-electron chi connectivity index (χ3n) is 0.969. The van der Waals surface area contributed by atoms with Crippen LogP contribution in [0.15, 0.2) is 0 Å². The van der Waals surface area contributed by atoms with Crippen LogP contribution >= 0.6 is 0 Å². The zero-order valence-corrected chi connectivity index (χ0v) is 7.20. The molecule has 76 valence electrons. The first-order valence-corrected chi connectivity index (χ1v) is 4.84. The average Bonchev–Trinajstić information content (AvgIpc) is 1.78. The molecule has 0 rings (SSSR count). The summed E-state index contributed by atoms with van der Waals surface area (Å²) in [7, 11) is -4.43. The van der Waals surface area contributed by atoms with Crippen molar-refractivity contribution in [2.24, 2.45) is 0 Å². The van der Waals surface area contributed by atoms with Crippen LogP contribution in [-0.4, -0.2) is 50.1 Å². The SMILES string of the molecule is CCCCS(=O)(=O)OC(F)(F)F.[NaH]. The van der Waals surface area contributed by atoms with E-state index in [9.17, 15) is 21.6 Å². The van der Waals surface area contributed by atoms with Gasteiger partial charge in [0.15, 0.2) is 0 Å². The summed E-state index contributed by atoms with van der Waals surface area (Å²) in [5.74, 6) is -0.594. The molecule has 3 nitrogen and oxygen atoms in total. The normalized spacial score (nSPS) is 12.3. The average molecular weight is 230 g/mol. The van der Waals surface area contributed by atoms with Gasteiger partial charge in [-0.3, -0.25) is 0 Å². The van der Waals surface area contributed by atoms with E-state index in [-0.39, 0.29) is 36.0 Å². The second kappa shape index (κ2) is 6.23. The van der Waals surface area contributed by atoms with Crippen molar-refractivity contribution < 1.29 is 25.8 Å². The van der Waals surface area contributed by atoms with Crippen molar-refractivity contribution in [1.82, 2.24) is 0 Å². The molecular formula is C5H10F3NaO3S. The molecule has 0 saturated heterocycles. The van der Waals surface area contributed by atoms with Gasteiger partial charge in [-0.1, -0.05) is 13.3 Å². The van der Waals surface area contributed by atoms with E-state index in [1.54, 1.807) is 6.92 Å². The van der Waals surface area contributed by atoms with Crippen LogP contribution in [-0.2, 0) is 14.3 Å². The number of hydrogen-bond donors (Lipinski definition) is 0. The van der Waals surface area contributed by atoms with Crippen molar-refractivity contribution in [2.45, 2.75) is 26.1 Å². The zero-order valence-electron chi connectivity index (χ0n) is 6.39. The van der Waals surface area contributed by atoms with E-state index in [4.69, 9.17) is 0 Å². The van der Waals surface area contributed by atoms with Crippen molar-refractivity contribution in [3.05, 3.63) is 0 Å². The summed E-state index contributed by atoms with van der Waals surface area (Å²) >= 11 is 0. The first kappa shape index (κ1) is 16.1. The molecule has 0 N–H and O–H groups in total. The van der Waals surface area contributed by atoms with Gasteiger partial charge in [-0.2, -0.15) is 12.6 Å². The maximum absolute atomic E-state index is 11.4. The molecule has 13 heavy (non-hydrogen) atoms. The second-order valence-electron chi connectivity index (χ2n) is 2.14. The fourth-order valence-electron chi connectivity index (χ4n) is 0.507. The minimum absolute atomic E-state index is 0. The molecule has 0 aliphatic rings. The first-order chi connectivity index (χ1) is 5.27. The van der Waals surface area contributed by atoms with Gasteiger partial charge < -0.3 is 0 Å². The molecule has 0 heterocycles. The molecule has 0 bridgehead atoms. The fraction of sp³-hybridized carbons (Fsp3) is 1.00. The molecule has 0 aliphatic heterocycles. The number of alkyl halides is 3. The Morgan fingerprint density at radius 2 is 1.77 bits per heavy atom. The van der Waals surface area contributed by atoms with Gasteiger partial charge in [0, 0.05) is 0 Å². The van der Waals surface area contributed by atoms with E-state index < -0.39 is 22.2 Å². The van der Waals surface area contributed by atoms with Gasteiger partial charge in [0.25, 0.3) is 10.1 Å². The van der Waals surface area contributed by atoms with Crippen LogP contribution in [0.2, 0.25) is 0 Å². The molecule has 0 aliphatic carbocycles. The Morgan fingerprint density at radius 3 is 2.08 bits per heavy atom. The molecule has 8 heteroatoms. The van der Waals surface area contributed by atoms with Crippen molar-refractivity contribution >= 4 is 39.7 Å². The predicted molar refractivity (Wildman–Crippen MR) is 43.0 cm³/mol. The zero-order chi connectivity index (χ0) is 9.83. The molecule has 0 atom stereocenters. The van der Waals surface area contributed by atoms with Gasteiger partial charge in [-0.15, -0.1) is 13.2 Å². The molecule has 0 radical (unpaired) electrons. The van der Waals surface area contributed by atoms with Crippen LogP contribution in [0.1, 0.15) is 19.8 Å². The molecule has 0 fully saturated rings. The van der Waals surface area contributed by atoms with E-state index in [0.29, 0.717) is 6.42 Å². The van der Waals surface area contributed by atoms with Crippen molar-refractivity contribution in [3.8, 4) is 0 Å². The molecule has 0 amide bonds. The number of unbranched alkanes of at least 4 members (excludes halogenated alkanes) is 1. The van der Waals surface area contributed by atoms with Crippen LogP contribution < -0.4 is 0 Å². The summed E-state index contributed by atoms with van der Waals surface area (Å²) < 4.78 is 58.0. The molecule has 0 unspecified atom stereocenters. The Kier molecular flexibility index (Phi) is 7.74. The van der Waals surface area contributed by atoms with E-state index in [2.05, 4.69) is 4.18 Å².